The van der Waals surface area contributed by atoms with Gasteiger partial charge in [-0.25, -0.2) is 0 Å². The number of hydrogen-bond donors (Lipinski definition) is 0. The van der Waals surface area contributed by atoms with Gasteiger partial charge in [-0.1, -0.05) is 36.4 Å². The predicted molar refractivity (Wildman–Crippen MR) is 127 cm³/mol. The van der Waals surface area contributed by atoms with Gasteiger partial charge in [0.25, 0.3) is 0 Å². The minimum atomic E-state index is -0.198. The SMILES string of the molecule is COc1cc(C)ccc1CN(C)Cc1ccc([C@H]2CN(C(C)=O)C[C@@H]2C(=O)N(C)C)cc1. The second kappa shape index (κ2) is 10.2. The van der Waals surface area contributed by atoms with E-state index in [0.717, 1.165) is 30.0 Å². The molecule has 0 bridgehead atoms. The maximum Gasteiger partial charge on any atom is 0.227 e. The van der Waals surface area contributed by atoms with Crippen molar-refractivity contribution in [1.29, 1.82) is 0 Å². The standard InChI is InChI=1S/C26H35N3O3/c1-18-7-10-22(25(13-18)32-6)15-28(5)14-20-8-11-21(12-9-20)23-16-29(19(2)30)17-24(23)26(31)27(3)4/h7-13,23-24H,14-17H2,1-6H3/t23-,24+/m1/s1. The first-order valence-corrected chi connectivity index (χ1v) is 11.1. The molecule has 6 heteroatoms. The highest BCUT2D eigenvalue weighted by Crippen LogP contribution is 2.34. The van der Waals surface area contributed by atoms with Crippen LogP contribution in [0.25, 0.3) is 0 Å². The Labute approximate surface area is 191 Å². The Bertz CT molecular complexity index is 955. The first-order valence-electron chi connectivity index (χ1n) is 11.1. The van der Waals surface area contributed by atoms with Crippen LogP contribution >= 0.6 is 0 Å². The van der Waals surface area contributed by atoms with E-state index >= 15 is 0 Å². The number of aryl methyl sites for hydroxylation is 1. The molecule has 172 valence electrons. The van der Waals surface area contributed by atoms with Crippen LogP contribution in [0.4, 0.5) is 0 Å². The Balaban J connectivity index is 1.70. The summed E-state index contributed by atoms with van der Waals surface area (Å²) in [6.45, 7) is 6.31. The van der Waals surface area contributed by atoms with Gasteiger partial charge in [0.1, 0.15) is 5.75 Å². The minimum absolute atomic E-state index is 0.0221. The topological polar surface area (TPSA) is 53.1 Å². The molecule has 0 unspecified atom stereocenters. The first-order chi connectivity index (χ1) is 15.2. The smallest absolute Gasteiger partial charge is 0.227 e. The van der Waals surface area contributed by atoms with Crippen molar-refractivity contribution >= 4 is 11.8 Å². The largest absolute Gasteiger partial charge is 0.496 e. The number of likely N-dealkylation sites (tertiary alicyclic amines) is 1. The first kappa shape index (κ1) is 23.8. The van der Waals surface area contributed by atoms with E-state index in [-0.39, 0.29) is 23.7 Å². The van der Waals surface area contributed by atoms with Gasteiger partial charge in [0.15, 0.2) is 0 Å². The van der Waals surface area contributed by atoms with Crippen molar-refractivity contribution in [2.24, 2.45) is 5.92 Å². The van der Waals surface area contributed by atoms with E-state index in [4.69, 9.17) is 4.74 Å². The van der Waals surface area contributed by atoms with Crippen LogP contribution in [0.5, 0.6) is 5.75 Å². The van der Waals surface area contributed by atoms with Crippen molar-refractivity contribution in [1.82, 2.24) is 14.7 Å². The molecule has 2 amide bonds. The van der Waals surface area contributed by atoms with Crippen LogP contribution in [-0.4, -0.2) is 67.9 Å². The summed E-state index contributed by atoms with van der Waals surface area (Å²) in [6.07, 6.45) is 0. The fraction of sp³-hybridized carbons (Fsp3) is 0.462. The summed E-state index contributed by atoms with van der Waals surface area (Å²) in [5, 5.41) is 0. The number of nitrogens with zero attached hydrogens (tertiary/aromatic N) is 3. The zero-order valence-corrected chi connectivity index (χ0v) is 20.1. The minimum Gasteiger partial charge on any atom is -0.496 e. The van der Waals surface area contributed by atoms with Crippen molar-refractivity contribution in [3.63, 3.8) is 0 Å². The summed E-state index contributed by atoms with van der Waals surface area (Å²) in [5.74, 6) is 0.845. The van der Waals surface area contributed by atoms with Gasteiger partial charge in [-0.15, -0.1) is 0 Å². The van der Waals surface area contributed by atoms with E-state index in [0.29, 0.717) is 13.1 Å². The lowest BCUT2D eigenvalue weighted by Crippen LogP contribution is -2.34. The molecule has 1 aliphatic rings. The van der Waals surface area contributed by atoms with Crippen LogP contribution in [0.2, 0.25) is 0 Å². The molecule has 6 nitrogen and oxygen atoms in total. The number of carbonyl (C=O) groups excluding carboxylic acids is 2. The Morgan fingerprint density at radius 3 is 2.31 bits per heavy atom. The van der Waals surface area contributed by atoms with E-state index in [2.05, 4.69) is 61.3 Å². The number of benzene rings is 2. The summed E-state index contributed by atoms with van der Waals surface area (Å²) in [7, 11) is 7.36. The second-order valence-corrected chi connectivity index (χ2v) is 9.10. The maximum atomic E-state index is 12.7. The van der Waals surface area contributed by atoms with Gasteiger partial charge in [0.05, 0.1) is 13.0 Å². The number of hydrogen-bond acceptors (Lipinski definition) is 4. The van der Waals surface area contributed by atoms with Crippen molar-refractivity contribution < 1.29 is 14.3 Å². The molecular formula is C26H35N3O3. The van der Waals surface area contributed by atoms with Crippen molar-refractivity contribution in [3.05, 3.63) is 64.7 Å². The highest BCUT2D eigenvalue weighted by Gasteiger charge is 2.40. The van der Waals surface area contributed by atoms with E-state index < -0.39 is 0 Å². The molecule has 0 aliphatic carbocycles. The van der Waals surface area contributed by atoms with E-state index in [1.165, 1.54) is 11.1 Å². The Morgan fingerprint density at radius 2 is 1.72 bits per heavy atom. The van der Waals surface area contributed by atoms with Crippen molar-refractivity contribution in [2.45, 2.75) is 32.9 Å². The Kier molecular flexibility index (Phi) is 7.56. The zero-order valence-electron chi connectivity index (χ0n) is 20.1. The van der Waals surface area contributed by atoms with Crippen LogP contribution in [0.3, 0.4) is 0 Å². The van der Waals surface area contributed by atoms with Gasteiger partial charge < -0.3 is 14.5 Å². The number of carbonyl (C=O) groups is 2. The third kappa shape index (κ3) is 5.49. The number of amides is 2. The Morgan fingerprint density at radius 1 is 1.03 bits per heavy atom. The third-order valence-electron chi connectivity index (χ3n) is 6.27. The molecule has 0 saturated carbocycles. The average molecular weight is 438 g/mol. The molecule has 1 heterocycles. The molecule has 1 saturated heterocycles. The molecule has 32 heavy (non-hydrogen) atoms. The number of rotatable bonds is 7. The molecule has 0 aromatic heterocycles. The third-order valence-corrected chi connectivity index (χ3v) is 6.27. The van der Waals surface area contributed by atoms with E-state index in [1.54, 1.807) is 37.9 Å². The monoisotopic (exact) mass is 437 g/mol. The van der Waals surface area contributed by atoms with Gasteiger partial charge in [-0.05, 0) is 36.7 Å². The van der Waals surface area contributed by atoms with Crippen LogP contribution in [0.15, 0.2) is 42.5 Å². The molecule has 2 aromatic carbocycles. The van der Waals surface area contributed by atoms with E-state index in [1.807, 2.05) is 0 Å². The lowest BCUT2D eigenvalue weighted by molar-refractivity contribution is -0.133. The van der Waals surface area contributed by atoms with Gasteiger partial charge >= 0.3 is 0 Å². The molecular weight excluding hydrogens is 402 g/mol. The summed E-state index contributed by atoms with van der Waals surface area (Å²) < 4.78 is 5.54. The van der Waals surface area contributed by atoms with E-state index in [9.17, 15) is 9.59 Å². The molecule has 0 radical (unpaired) electrons. The average Bonchev–Trinajstić information content (AvgIpc) is 3.20. The highest BCUT2D eigenvalue weighted by molar-refractivity contribution is 5.82. The van der Waals surface area contributed by atoms with Gasteiger partial charge in [0.2, 0.25) is 11.8 Å². The summed E-state index contributed by atoms with van der Waals surface area (Å²) in [6, 6.07) is 14.8. The lowest BCUT2D eigenvalue weighted by Gasteiger charge is -2.22. The molecule has 2 atom stereocenters. The maximum absolute atomic E-state index is 12.7. The molecule has 3 rings (SSSR count). The predicted octanol–water partition coefficient (Wildman–Crippen LogP) is 3.29. The number of methoxy groups -OCH3 is 1. The highest BCUT2D eigenvalue weighted by atomic mass is 16.5. The van der Waals surface area contributed by atoms with Crippen LogP contribution in [0.1, 0.15) is 35.1 Å². The fourth-order valence-corrected chi connectivity index (χ4v) is 4.49. The summed E-state index contributed by atoms with van der Waals surface area (Å²) in [4.78, 5) is 30.3. The molecule has 1 fully saturated rings. The van der Waals surface area contributed by atoms with Crippen LogP contribution < -0.4 is 4.74 Å². The summed E-state index contributed by atoms with van der Waals surface area (Å²) in [5.41, 5.74) is 4.67. The van der Waals surface area contributed by atoms with Gasteiger partial charge in [0, 0.05) is 58.7 Å². The molecule has 1 aliphatic heterocycles. The second-order valence-electron chi connectivity index (χ2n) is 9.10. The van der Waals surface area contributed by atoms with Crippen LogP contribution in [-0.2, 0) is 22.7 Å². The summed E-state index contributed by atoms with van der Waals surface area (Å²) >= 11 is 0. The fourth-order valence-electron chi connectivity index (χ4n) is 4.49. The molecule has 2 aromatic rings. The Hall–Kier alpha value is -2.86. The van der Waals surface area contributed by atoms with Crippen molar-refractivity contribution in [3.8, 4) is 5.75 Å². The lowest BCUT2D eigenvalue weighted by atomic mass is 9.87. The zero-order chi connectivity index (χ0) is 23.4. The van der Waals surface area contributed by atoms with Gasteiger partial charge in [-0.3, -0.25) is 14.5 Å². The quantitative estimate of drug-likeness (QED) is 0.667. The van der Waals surface area contributed by atoms with Crippen LogP contribution in [0, 0.1) is 12.8 Å². The normalized spacial score (nSPS) is 18.2. The van der Waals surface area contributed by atoms with Gasteiger partial charge in [-0.2, -0.15) is 0 Å². The molecule has 0 N–H and O–H groups in total. The van der Waals surface area contributed by atoms with Crippen molar-refractivity contribution in [2.75, 3.05) is 41.3 Å². The number of ether oxygens (including phenoxy) is 1. The molecule has 0 spiro atoms.